The Morgan fingerprint density at radius 3 is 1.93 bits per heavy atom. The van der Waals surface area contributed by atoms with Crippen molar-refractivity contribution in [2.75, 3.05) is 54.1 Å². The van der Waals surface area contributed by atoms with Crippen LogP contribution in [0.2, 0.25) is 0 Å². The van der Waals surface area contributed by atoms with Gasteiger partial charge in [0.1, 0.15) is 0 Å². The molecule has 0 spiro atoms. The molecule has 0 N–H and O–H groups in total. The SMILES string of the molecule is COc1ccc(CN2CCN(CC(=O)N(C(C)C)C(C)C)CC2)c(OC)c1OC. The third-order valence-corrected chi connectivity index (χ3v) is 5.40. The lowest BCUT2D eigenvalue weighted by atomic mass is 10.1. The van der Waals surface area contributed by atoms with Crippen molar-refractivity contribution in [3.05, 3.63) is 17.7 Å². The average molecular weight is 408 g/mol. The van der Waals surface area contributed by atoms with Gasteiger partial charge >= 0.3 is 0 Å². The van der Waals surface area contributed by atoms with E-state index in [1.807, 2.05) is 17.0 Å². The highest BCUT2D eigenvalue weighted by Gasteiger charge is 2.25. The molecule has 0 atom stereocenters. The minimum absolute atomic E-state index is 0.213. The lowest BCUT2D eigenvalue weighted by molar-refractivity contribution is -0.136. The first kappa shape index (κ1) is 23.3. The molecule has 1 aliphatic heterocycles. The van der Waals surface area contributed by atoms with E-state index in [-0.39, 0.29) is 18.0 Å². The summed E-state index contributed by atoms with van der Waals surface area (Å²) in [5, 5.41) is 0. The molecule has 164 valence electrons. The summed E-state index contributed by atoms with van der Waals surface area (Å²) in [6, 6.07) is 4.39. The average Bonchev–Trinajstić information content (AvgIpc) is 2.68. The predicted molar refractivity (Wildman–Crippen MR) is 115 cm³/mol. The Hall–Kier alpha value is -1.99. The summed E-state index contributed by atoms with van der Waals surface area (Å²) in [5.74, 6) is 2.22. The van der Waals surface area contributed by atoms with E-state index in [1.54, 1.807) is 21.3 Å². The van der Waals surface area contributed by atoms with Crippen molar-refractivity contribution < 1.29 is 19.0 Å². The Morgan fingerprint density at radius 1 is 0.897 bits per heavy atom. The second kappa shape index (κ2) is 10.7. The number of carbonyl (C=O) groups excluding carboxylic acids is 1. The van der Waals surface area contributed by atoms with Gasteiger partial charge in [-0.15, -0.1) is 0 Å². The smallest absolute Gasteiger partial charge is 0.237 e. The van der Waals surface area contributed by atoms with Crippen LogP contribution in [0.4, 0.5) is 0 Å². The van der Waals surface area contributed by atoms with Crippen LogP contribution in [0.1, 0.15) is 33.3 Å². The predicted octanol–water partition coefficient (Wildman–Crippen LogP) is 2.48. The summed E-state index contributed by atoms with van der Waals surface area (Å²) in [7, 11) is 4.90. The highest BCUT2D eigenvalue weighted by molar-refractivity contribution is 5.78. The highest BCUT2D eigenvalue weighted by Crippen LogP contribution is 2.40. The van der Waals surface area contributed by atoms with Crippen LogP contribution < -0.4 is 14.2 Å². The first-order valence-electron chi connectivity index (χ1n) is 10.4. The van der Waals surface area contributed by atoms with Crippen molar-refractivity contribution in [3.8, 4) is 17.2 Å². The van der Waals surface area contributed by atoms with E-state index in [4.69, 9.17) is 14.2 Å². The van der Waals surface area contributed by atoms with E-state index in [0.717, 1.165) is 38.3 Å². The Balaban J connectivity index is 1.96. The van der Waals surface area contributed by atoms with Crippen molar-refractivity contribution in [2.45, 2.75) is 46.3 Å². The topological polar surface area (TPSA) is 54.5 Å². The third-order valence-electron chi connectivity index (χ3n) is 5.40. The molecule has 7 nitrogen and oxygen atoms in total. The summed E-state index contributed by atoms with van der Waals surface area (Å²) in [5.41, 5.74) is 1.07. The molecule has 7 heteroatoms. The summed E-state index contributed by atoms with van der Waals surface area (Å²) in [6.45, 7) is 13.1. The van der Waals surface area contributed by atoms with Gasteiger partial charge in [-0.3, -0.25) is 14.6 Å². The Labute approximate surface area is 175 Å². The molecular formula is C22H37N3O4. The van der Waals surface area contributed by atoms with E-state index >= 15 is 0 Å². The molecule has 1 aliphatic rings. The maximum absolute atomic E-state index is 12.7. The lowest BCUT2D eigenvalue weighted by Crippen LogP contribution is -2.52. The zero-order chi connectivity index (χ0) is 21.6. The van der Waals surface area contributed by atoms with Crippen LogP contribution in [-0.4, -0.2) is 86.7 Å². The van der Waals surface area contributed by atoms with Crippen LogP contribution in [-0.2, 0) is 11.3 Å². The molecule has 0 aromatic heterocycles. The molecule has 0 aliphatic carbocycles. The number of piperazine rings is 1. The van der Waals surface area contributed by atoms with Crippen LogP contribution in [0.25, 0.3) is 0 Å². The van der Waals surface area contributed by atoms with E-state index in [2.05, 4.69) is 37.5 Å². The molecule has 2 rings (SSSR count). The molecule has 0 unspecified atom stereocenters. The van der Waals surface area contributed by atoms with Gasteiger partial charge in [0.25, 0.3) is 0 Å². The summed E-state index contributed by atoms with van der Waals surface area (Å²) in [6.07, 6.45) is 0. The van der Waals surface area contributed by atoms with Crippen LogP contribution >= 0.6 is 0 Å². The number of benzene rings is 1. The van der Waals surface area contributed by atoms with Crippen molar-refractivity contribution in [1.29, 1.82) is 0 Å². The second-order valence-corrected chi connectivity index (χ2v) is 8.03. The van der Waals surface area contributed by atoms with Gasteiger partial charge in [-0.1, -0.05) is 6.07 Å². The van der Waals surface area contributed by atoms with Gasteiger partial charge in [-0.25, -0.2) is 0 Å². The van der Waals surface area contributed by atoms with E-state index < -0.39 is 0 Å². The minimum atomic E-state index is 0.213. The molecule has 1 amide bonds. The molecule has 1 fully saturated rings. The summed E-state index contributed by atoms with van der Waals surface area (Å²) >= 11 is 0. The number of carbonyl (C=O) groups is 1. The quantitative estimate of drug-likeness (QED) is 0.627. The molecule has 1 aromatic rings. The number of hydrogen-bond donors (Lipinski definition) is 0. The highest BCUT2D eigenvalue weighted by atomic mass is 16.5. The van der Waals surface area contributed by atoms with Crippen LogP contribution in [0.3, 0.4) is 0 Å². The lowest BCUT2D eigenvalue weighted by Gasteiger charge is -2.37. The standard InChI is InChI=1S/C22H37N3O4/c1-16(2)25(17(3)4)20(26)15-24-12-10-23(11-13-24)14-18-8-9-19(27-5)22(29-7)21(18)28-6/h8-9,16-17H,10-15H2,1-7H3. The number of rotatable bonds is 9. The zero-order valence-corrected chi connectivity index (χ0v) is 19.0. The third kappa shape index (κ3) is 5.76. The van der Waals surface area contributed by atoms with Crippen LogP contribution in [0, 0.1) is 0 Å². The van der Waals surface area contributed by atoms with Crippen molar-refractivity contribution in [1.82, 2.24) is 14.7 Å². The van der Waals surface area contributed by atoms with E-state index in [1.165, 1.54) is 0 Å². The Bertz CT molecular complexity index is 662. The largest absolute Gasteiger partial charge is 0.493 e. The number of ether oxygens (including phenoxy) is 3. The fraction of sp³-hybridized carbons (Fsp3) is 0.682. The molecule has 1 saturated heterocycles. The molecular weight excluding hydrogens is 370 g/mol. The maximum atomic E-state index is 12.7. The number of methoxy groups -OCH3 is 3. The molecule has 0 saturated carbocycles. The number of nitrogens with zero attached hydrogens (tertiary/aromatic N) is 3. The maximum Gasteiger partial charge on any atom is 0.237 e. The number of amides is 1. The Morgan fingerprint density at radius 2 is 1.45 bits per heavy atom. The van der Waals surface area contributed by atoms with Gasteiger partial charge in [0, 0.05) is 50.4 Å². The first-order valence-corrected chi connectivity index (χ1v) is 10.4. The molecule has 0 radical (unpaired) electrons. The normalized spacial score (nSPS) is 15.6. The van der Waals surface area contributed by atoms with Gasteiger partial charge < -0.3 is 19.1 Å². The zero-order valence-electron chi connectivity index (χ0n) is 19.0. The first-order chi connectivity index (χ1) is 13.8. The van der Waals surface area contributed by atoms with E-state index in [0.29, 0.717) is 23.8 Å². The van der Waals surface area contributed by atoms with E-state index in [9.17, 15) is 4.79 Å². The monoisotopic (exact) mass is 407 g/mol. The molecule has 29 heavy (non-hydrogen) atoms. The van der Waals surface area contributed by atoms with Crippen LogP contribution in [0.5, 0.6) is 17.2 Å². The van der Waals surface area contributed by atoms with Gasteiger partial charge in [0.15, 0.2) is 11.5 Å². The Kier molecular flexibility index (Phi) is 8.59. The van der Waals surface area contributed by atoms with Gasteiger partial charge in [0.05, 0.1) is 27.9 Å². The number of hydrogen-bond acceptors (Lipinski definition) is 6. The van der Waals surface area contributed by atoms with Crippen molar-refractivity contribution in [2.24, 2.45) is 0 Å². The molecule has 0 bridgehead atoms. The summed E-state index contributed by atoms with van der Waals surface area (Å²) in [4.78, 5) is 19.3. The van der Waals surface area contributed by atoms with Gasteiger partial charge in [0.2, 0.25) is 11.7 Å². The minimum Gasteiger partial charge on any atom is -0.493 e. The molecule has 1 heterocycles. The van der Waals surface area contributed by atoms with Gasteiger partial charge in [-0.05, 0) is 33.8 Å². The van der Waals surface area contributed by atoms with Crippen LogP contribution in [0.15, 0.2) is 12.1 Å². The van der Waals surface area contributed by atoms with Gasteiger partial charge in [-0.2, -0.15) is 0 Å². The fourth-order valence-electron chi connectivity index (χ4n) is 4.08. The fourth-order valence-corrected chi connectivity index (χ4v) is 4.08. The summed E-state index contributed by atoms with van der Waals surface area (Å²) < 4.78 is 16.5. The van der Waals surface area contributed by atoms with Crippen molar-refractivity contribution >= 4 is 5.91 Å². The molecule has 1 aromatic carbocycles. The second-order valence-electron chi connectivity index (χ2n) is 8.03. The van der Waals surface area contributed by atoms with Crippen molar-refractivity contribution in [3.63, 3.8) is 0 Å².